The fourth-order valence-corrected chi connectivity index (χ4v) is 2.95. The first-order valence-electron chi connectivity index (χ1n) is 5.56. The molecule has 1 rings (SSSR count). The number of nitrogens with two attached hydrogens (primary N) is 1. The summed E-state index contributed by atoms with van der Waals surface area (Å²) in [5.41, 5.74) is 5.40. The molecule has 0 amide bonds. The quantitative estimate of drug-likeness (QED) is 0.562. The Morgan fingerprint density at radius 3 is 2.60 bits per heavy atom. The van der Waals surface area contributed by atoms with E-state index in [9.17, 15) is 0 Å². The van der Waals surface area contributed by atoms with Gasteiger partial charge in [-0.1, -0.05) is 13.8 Å². The second kappa shape index (κ2) is 5.75. The first-order valence-corrected chi connectivity index (χ1v) is 6.61. The molecule has 0 aromatic rings. The van der Waals surface area contributed by atoms with Gasteiger partial charge in [0.25, 0.3) is 0 Å². The molecule has 1 aliphatic rings. The van der Waals surface area contributed by atoms with Crippen LogP contribution in [0.1, 0.15) is 33.1 Å². The van der Waals surface area contributed by atoms with Crippen LogP contribution in [0.25, 0.3) is 0 Å². The summed E-state index contributed by atoms with van der Waals surface area (Å²) in [6.45, 7) is 5.90. The minimum absolute atomic E-state index is 0.141. The van der Waals surface area contributed by atoms with Crippen molar-refractivity contribution in [2.45, 2.75) is 38.4 Å². The fraction of sp³-hybridized carbons (Fsp3) is 0.909. The smallest absolute Gasteiger partial charge is 0.0963 e. The van der Waals surface area contributed by atoms with Crippen molar-refractivity contribution in [3.05, 3.63) is 0 Å². The van der Waals surface area contributed by atoms with Gasteiger partial charge in [0.1, 0.15) is 0 Å². The normalized spacial score (nSPS) is 19.1. The summed E-state index contributed by atoms with van der Waals surface area (Å²) in [5.74, 6) is 1.40. The Hall–Kier alpha value is -0.220. The molecule has 0 aromatic heterocycles. The third-order valence-corrected chi connectivity index (χ3v) is 4.36. The zero-order valence-corrected chi connectivity index (χ0v) is 10.5. The molecule has 4 heteroatoms. The highest BCUT2D eigenvalue weighted by Crippen LogP contribution is 2.27. The summed E-state index contributed by atoms with van der Waals surface area (Å²) < 4.78 is 5.32. The summed E-state index contributed by atoms with van der Waals surface area (Å²) in [4.78, 5) is 0. The van der Waals surface area contributed by atoms with Gasteiger partial charge in [-0.2, -0.15) is 11.8 Å². The van der Waals surface area contributed by atoms with E-state index in [4.69, 9.17) is 15.9 Å². The Balaban J connectivity index is 2.17. The van der Waals surface area contributed by atoms with Crippen molar-refractivity contribution in [2.24, 2.45) is 11.1 Å². The predicted octanol–water partition coefficient (Wildman–Crippen LogP) is 2.25. The monoisotopic (exact) mass is 230 g/mol. The van der Waals surface area contributed by atoms with Crippen molar-refractivity contribution in [2.75, 3.05) is 19.0 Å². The lowest BCUT2D eigenvalue weighted by atomic mass is 9.89. The van der Waals surface area contributed by atoms with Gasteiger partial charge in [0.2, 0.25) is 0 Å². The molecule has 3 nitrogen and oxygen atoms in total. The minimum Gasteiger partial charge on any atom is -0.387 e. The predicted molar refractivity (Wildman–Crippen MR) is 66.6 cm³/mol. The molecule has 1 aliphatic heterocycles. The van der Waals surface area contributed by atoms with Gasteiger partial charge in [0, 0.05) is 23.9 Å². The van der Waals surface area contributed by atoms with E-state index in [-0.39, 0.29) is 5.41 Å². The Morgan fingerprint density at radius 1 is 1.47 bits per heavy atom. The maximum absolute atomic E-state index is 7.47. The zero-order chi connectivity index (χ0) is 11.3. The number of ether oxygens (including phenoxy) is 1. The molecule has 0 radical (unpaired) electrons. The van der Waals surface area contributed by atoms with E-state index in [1.807, 2.05) is 25.6 Å². The maximum Gasteiger partial charge on any atom is 0.0963 e. The first-order chi connectivity index (χ1) is 7.02. The maximum atomic E-state index is 7.47. The van der Waals surface area contributed by atoms with Crippen LogP contribution in [0.5, 0.6) is 0 Å². The fourth-order valence-electron chi connectivity index (χ4n) is 1.46. The molecule has 0 saturated carbocycles. The first kappa shape index (κ1) is 12.8. The van der Waals surface area contributed by atoms with E-state index in [0.29, 0.717) is 5.84 Å². The number of rotatable bonds is 5. The largest absolute Gasteiger partial charge is 0.387 e. The number of thioether (sulfide) groups is 1. The highest BCUT2D eigenvalue weighted by atomic mass is 32.2. The van der Waals surface area contributed by atoms with Crippen molar-refractivity contribution in [1.29, 1.82) is 5.41 Å². The number of amidine groups is 1. The van der Waals surface area contributed by atoms with Crippen LogP contribution < -0.4 is 5.73 Å². The van der Waals surface area contributed by atoms with Crippen LogP contribution in [0.2, 0.25) is 0 Å². The van der Waals surface area contributed by atoms with Crippen LogP contribution in [-0.2, 0) is 4.74 Å². The van der Waals surface area contributed by atoms with E-state index in [0.717, 1.165) is 30.6 Å². The molecular formula is C11H22N2OS. The molecule has 1 saturated heterocycles. The molecule has 88 valence electrons. The second-order valence-corrected chi connectivity index (χ2v) is 6.14. The van der Waals surface area contributed by atoms with Crippen LogP contribution in [0.3, 0.4) is 0 Å². The third-order valence-electron chi connectivity index (χ3n) is 2.98. The van der Waals surface area contributed by atoms with Crippen LogP contribution in [0, 0.1) is 10.8 Å². The van der Waals surface area contributed by atoms with Crippen LogP contribution >= 0.6 is 11.8 Å². The van der Waals surface area contributed by atoms with Gasteiger partial charge >= 0.3 is 0 Å². The standard InChI is InChI=1S/C11H22N2OS/c1-11(2,10(12)13)5-8-15-9-3-6-14-7-4-9/h9H,3-8H2,1-2H3,(H3,12,13). The number of hydrogen-bond donors (Lipinski definition) is 2. The number of nitrogens with one attached hydrogen (secondary N) is 1. The van der Waals surface area contributed by atoms with Crippen molar-refractivity contribution in [1.82, 2.24) is 0 Å². The molecule has 0 unspecified atom stereocenters. The van der Waals surface area contributed by atoms with E-state index in [2.05, 4.69) is 0 Å². The summed E-state index contributed by atoms with van der Waals surface area (Å²) in [6, 6.07) is 0. The van der Waals surface area contributed by atoms with E-state index >= 15 is 0 Å². The zero-order valence-electron chi connectivity index (χ0n) is 9.71. The van der Waals surface area contributed by atoms with Gasteiger partial charge in [-0.25, -0.2) is 0 Å². The molecule has 0 bridgehead atoms. The molecule has 15 heavy (non-hydrogen) atoms. The van der Waals surface area contributed by atoms with E-state index < -0.39 is 0 Å². The lowest BCUT2D eigenvalue weighted by Gasteiger charge is -2.25. The average Bonchev–Trinajstić information content (AvgIpc) is 2.19. The summed E-state index contributed by atoms with van der Waals surface area (Å²) in [7, 11) is 0. The van der Waals surface area contributed by atoms with Crippen molar-refractivity contribution < 1.29 is 4.74 Å². The Bertz CT molecular complexity index is 213. The highest BCUT2D eigenvalue weighted by molar-refractivity contribution is 7.99. The van der Waals surface area contributed by atoms with Gasteiger partial charge in [-0.3, -0.25) is 5.41 Å². The van der Waals surface area contributed by atoms with E-state index in [1.54, 1.807) is 0 Å². The molecule has 1 fully saturated rings. The van der Waals surface area contributed by atoms with Crippen LogP contribution in [0.4, 0.5) is 0 Å². The SMILES string of the molecule is CC(C)(CCSC1CCOCC1)C(=N)N. The Labute approximate surface area is 96.6 Å². The minimum atomic E-state index is -0.141. The highest BCUT2D eigenvalue weighted by Gasteiger charge is 2.22. The van der Waals surface area contributed by atoms with Crippen LogP contribution in [0.15, 0.2) is 0 Å². The molecule has 3 N–H and O–H groups in total. The third kappa shape index (κ3) is 4.43. The molecule has 0 atom stereocenters. The average molecular weight is 230 g/mol. The van der Waals surface area contributed by atoms with E-state index in [1.165, 1.54) is 12.8 Å². The summed E-state index contributed by atoms with van der Waals surface area (Å²) in [6.07, 6.45) is 3.33. The molecular weight excluding hydrogens is 208 g/mol. The summed E-state index contributed by atoms with van der Waals surface area (Å²) in [5, 5.41) is 8.22. The van der Waals surface area contributed by atoms with Crippen molar-refractivity contribution in [3.8, 4) is 0 Å². The lowest BCUT2D eigenvalue weighted by molar-refractivity contribution is 0.1000. The van der Waals surface area contributed by atoms with Crippen molar-refractivity contribution >= 4 is 17.6 Å². The molecule has 0 aliphatic carbocycles. The Morgan fingerprint density at radius 2 is 2.07 bits per heavy atom. The van der Waals surface area contributed by atoms with Gasteiger partial charge in [0.05, 0.1) is 5.84 Å². The molecule has 0 aromatic carbocycles. The molecule has 1 heterocycles. The topological polar surface area (TPSA) is 59.1 Å². The Kier molecular flexibility index (Phi) is 4.93. The van der Waals surface area contributed by atoms with Gasteiger partial charge in [0.15, 0.2) is 0 Å². The van der Waals surface area contributed by atoms with Gasteiger partial charge in [-0.15, -0.1) is 0 Å². The van der Waals surface area contributed by atoms with Crippen LogP contribution in [-0.4, -0.2) is 30.1 Å². The van der Waals surface area contributed by atoms with Gasteiger partial charge < -0.3 is 10.5 Å². The second-order valence-electron chi connectivity index (χ2n) is 4.73. The molecule has 0 spiro atoms. The van der Waals surface area contributed by atoms with Gasteiger partial charge in [-0.05, 0) is 25.0 Å². The lowest BCUT2D eigenvalue weighted by Crippen LogP contribution is -2.31. The number of hydrogen-bond acceptors (Lipinski definition) is 3. The van der Waals surface area contributed by atoms with Crippen molar-refractivity contribution in [3.63, 3.8) is 0 Å². The summed E-state index contributed by atoms with van der Waals surface area (Å²) >= 11 is 2.01.